The summed E-state index contributed by atoms with van der Waals surface area (Å²) >= 11 is 0. The minimum absolute atomic E-state index is 0.113. The van der Waals surface area contributed by atoms with E-state index in [4.69, 9.17) is 14.2 Å². The summed E-state index contributed by atoms with van der Waals surface area (Å²) in [5.41, 5.74) is 0. The molecule has 0 N–H and O–H groups in total. The zero-order valence-electron chi connectivity index (χ0n) is 43.1. The largest absolute Gasteiger partial charge is 0.462 e. The molecule has 0 saturated carbocycles. The Morgan fingerprint density at radius 1 is 0.313 bits per heavy atom. The van der Waals surface area contributed by atoms with Gasteiger partial charge in [-0.15, -0.1) is 0 Å². The summed E-state index contributed by atoms with van der Waals surface area (Å²) in [4.78, 5) is 38.1. The van der Waals surface area contributed by atoms with Crippen LogP contribution in [0, 0.1) is 0 Å². The van der Waals surface area contributed by atoms with Crippen LogP contribution in [0.4, 0.5) is 0 Å². The van der Waals surface area contributed by atoms with E-state index in [0.717, 1.165) is 122 Å². The summed E-state index contributed by atoms with van der Waals surface area (Å²) in [6, 6.07) is 0. The van der Waals surface area contributed by atoms with Crippen molar-refractivity contribution < 1.29 is 28.6 Å². The van der Waals surface area contributed by atoms with Gasteiger partial charge in [0, 0.05) is 19.3 Å². The molecule has 1 unspecified atom stereocenters. The standard InChI is InChI=1S/C61H98O6/c1-4-7-10-13-16-19-22-25-27-29-31-33-36-39-42-45-48-51-54-60(63)66-57-58(56-65-59(62)53-50-47-44-41-38-35-24-21-18-15-12-9-6-3)67-61(64)55-52-49-46-43-40-37-34-32-30-28-26-23-20-17-14-11-8-5-2/h9,12,15,18,21-35,38,58H,4-8,10-11,13-14,16-17,19-20,36-37,39-57H2,1-3H3/b12-9-,18-15-,24-21-,25-22-,26-23-,29-27-,30-28-,33-31-,34-32-,38-35-. The number of hydrogen-bond acceptors (Lipinski definition) is 6. The Bertz CT molecular complexity index is 1440. The van der Waals surface area contributed by atoms with E-state index in [1.165, 1.54) is 64.2 Å². The molecule has 0 rings (SSSR count). The summed E-state index contributed by atoms with van der Waals surface area (Å²) in [5, 5.41) is 0. The lowest BCUT2D eigenvalue weighted by molar-refractivity contribution is -0.167. The number of hydrogen-bond donors (Lipinski definition) is 0. The zero-order valence-corrected chi connectivity index (χ0v) is 43.1. The molecule has 0 bridgehead atoms. The molecule has 0 heterocycles. The molecular weight excluding hydrogens is 829 g/mol. The van der Waals surface area contributed by atoms with E-state index < -0.39 is 6.10 Å². The van der Waals surface area contributed by atoms with Gasteiger partial charge >= 0.3 is 17.9 Å². The maximum Gasteiger partial charge on any atom is 0.306 e. The van der Waals surface area contributed by atoms with Gasteiger partial charge < -0.3 is 14.2 Å². The molecule has 0 spiro atoms. The number of esters is 3. The molecule has 0 aliphatic heterocycles. The minimum Gasteiger partial charge on any atom is -0.462 e. The maximum atomic E-state index is 12.8. The van der Waals surface area contributed by atoms with Crippen molar-refractivity contribution in [1.29, 1.82) is 0 Å². The van der Waals surface area contributed by atoms with E-state index in [1.54, 1.807) is 0 Å². The second-order valence-electron chi connectivity index (χ2n) is 17.6. The van der Waals surface area contributed by atoms with Crippen molar-refractivity contribution in [2.24, 2.45) is 0 Å². The smallest absolute Gasteiger partial charge is 0.306 e. The van der Waals surface area contributed by atoms with E-state index >= 15 is 0 Å². The predicted octanol–water partition coefficient (Wildman–Crippen LogP) is 18.1. The van der Waals surface area contributed by atoms with Crippen LogP contribution in [-0.4, -0.2) is 37.2 Å². The Hall–Kier alpha value is -4.19. The first-order chi connectivity index (χ1) is 33.0. The van der Waals surface area contributed by atoms with Gasteiger partial charge in [0.1, 0.15) is 13.2 Å². The summed E-state index contributed by atoms with van der Waals surface area (Å²) in [5.74, 6) is -0.997. The molecule has 0 aromatic carbocycles. The lowest BCUT2D eigenvalue weighted by Gasteiger charge is -2.18. The van der Waals surface area contributed by atoms with E-state index in [1.807, 2.05) is 36.5 Å². The molecule has 0 saturated heterocycles. The monoisotopic (exact) mass is 927 g/mol. The fourth-order valence-corrected chi connectivity index (χ4v) is 7.04. The van der Waals surface area contributed by atoms with Crippen molar-refractivity contribution in [3.05, 3.63) is 122 Å². The van der Waals surface area contributed by atoms with E-state index in [9.17, 15) is 14.4 Å². The maximum absolute atomic E-state index is 12.8. The lowest BCUT2D eigenvalue weighted by Crippen LogP contribution is -2.30. The van der Waals surface area contributed by atoms with Crippen molar-refractivity contribution in [1.82, 2.24) is 0 Å². The van der Waals surface area contributed by atoms with Gasteiger partial charge in [0.05, 0.1) is 0 Å². The van der Waals surface area contributed by atoms with Crippen molar-refractivity contribution in [3.63, 3.8) is 0 Å². The molecular formula is C61H98O6. The Labute approximate surface area is 412 Å². The summed E-state index contributed by atoms with van der Waals surface area (Å²) < 4.78 is 16.8. The molecule has 0 fully saturated rings. The highest BCUT2D eigenvalue weighted by Gasteiger charge is 2.19. The van der Waals surface area contributed by atoms with Crippen LogP contribution in [0.1, 0.15) is 226 Å². The third-order valence-electron chi connectivity index (χ3n) is 11.1. The molecule has 0 aromatic rings. The predicted molar refractivity (Wildman–Crippen MR) is 288 cm³/mol. The third-order valence-corrected chi connectivity index (χ3v) is 11.1. The van der Waals surface area contributed by atoms with E-state index in [2.05, 4.69) is 106 Å². The number of allylic oxidation sites excluding steroid dienone is 20. The van der Waals surface area contributed by atoms with Crippen LogP contribution < -0.4 is 0 Å². The van der Waals surface area contributed by atoms with Crippen LogP contribution in [0.25, 0.3) is 0 Å². The van der Waals surface area contributed by atoms with Gasteiger partial charge in [-0.05, 0) is 89.9 Å². The second kappa shape index (κ2) is 54.4. The average molecular weight is 927 g/mol. The van der Waals surface area contributed by atoms with Crippen LogP contribution in [0.15, 0.2) is 122 Å². The minimum atomic E-state index is -0.817. The molecule has 378 valence electrons. The van der Waals surface area contributed by atoms with Crippen molar-refractivity contribution in [2.45, 2.75) is 232 Å². The van der Waals surface area contributed by atoms with Gasteiger partial charge in [-0.2, -0.15) is 0 Å². The SMILES string of the molecule is CC\C=C/C=C\C=C/C=C\CCCCCC(=O)OCC(COC(=O)CCCCCCC\C=C/C=C\C=C/CCCCCCC)OC(=O)CCCCCCC\C=C/C=C\C=C/CCCCCCC. The van der Waals surface area contributed by atoms with Gasteiger partial charge in [0.25, 0.3) is 0 Å². The van der Waals surface area contributed by atoms with Crippen LogP contribution >= 0.6 is 0 Å². The highest BCUT2D eigenvalue weighted by Crippen LogP contribution is 2.13. The first kappa shape index (κ1) is 62.8. The third kappa shape index (κ3) is 52.6. The molecule has 0 amide bonds. The lowest BCUT2D eigenvalue weighted by atomic mass is 10.1. The average Bonchev–Trinajstić information content (AvgIpc) is 3.33. The molecule has 0 aromatic heterocycles. The van der Waals surface area contributed by atoms with E-state index in [-0.39, 0.29) is 37.5 Å². The summed E-state index contributed by atoms with van der Waals surface area (Å²) in [6.07, 6.45) is 74.6. The molecule has 6 heteroatoms. The highest BCUT2D eigenvalue weighted by molar-refractivity contribution is 5.71. The van der Waals surface area contributed by atoms with Gasteiger partial charge in [0.2, 0.25) is 0 Å². The van der Waals surface area contributed by atoms with Crippen LogP contribution in [0.3, 0.4) is 0 Å². The highest BCUT2D eigenvalue weighted by atomic mass is 16.6. The van der Waals surface area contributed by atoms with Gasteiger partial charge in [0.15, 0.2) is 6.10 Å². The Morgan fingerprint density at radius 3 is 0.925 bits per heavy atom. The van der Waals surface area contributed by atoms with Crippen LogP contribution in [0.2, 0.25) is 0 Å². The molecule has 0 radical (unpaired) electrons. The topological polar surface area (TPSA) is 78.9 Å². The molecule has 1 atom stereocenters. The van der Waals surface area contributed by atoms with Crippen LogP contribution in [-0.2, 0) is 28.6 Å². The second-order valence-corrected chi connectivity index (χ2v) is 17.6. The molecule has 6 nitrogen and oxygen atoms in total. The Morgan fingerprint density at radius 2 is 0.582 bits per heavy atom. The van der Waals surface area contributed by atoms with Crippen molar-refractivity contribution >= 4 is 17.9 Å². The van der Waals surface area contributed by atoms with Gasteiger partial charge in [-0.3, -0.25) is 14.4 Å². The van der Waals surface area contributed by atoms with Crippen molar-refractivity contribution in [3.8, 4) is 0 Å². The quantitative estimate of drug-likeness (QED) is 0.0262. The number of ether oxygens (including phenoxy) is 3. The Balaban J connectivity index is 4.54. The first-order valence-corrected chi connectivity index (χ1v) is 27.2. The van der Waals surface area contributed by atoms with Gasteiger partial charge in [-0.25, -0.2) is 0 Å². The van der Waals surface area contributed by atoms with Crippen molar-refractivity contribution in [2.75, 3.05) is 13.2 Å². The summed E-state index contributed by atoms with van der Waals surface area (Å²) in [7, 11) is 0. The van der Waals surface area contributed by atoms with Gasteiger partial charge in [-0.1, -0.05) is 239 Å². The van der Waals surface area contributed by atoms with E-state index in [0.29, 0.717) is 12.8 Å². The number of carbonyl (C=O) groups excluding carboxylic acids is 3. The Kier molecular flexibility index (Phi) is 51.0. The zero-order chi connectivity index (χ0) is 48.6. The summed E-state index contributed by atoms with van der Waals surface area (Å²) in [6.45, 7) is 6.38. The molecule has 0 aliphatic carbocycles. The fourth-order valence-electron chi connectivity index (χ4n) is 7.04. The number of carbonyl (C=O) groups is 3. The number of rotatable bonds is 47. The fraction of sp³-hybridized carbons (Fsp3) is 0.623. The molecule has 67 heavy (non-hydrogen) atoms. The number of unbranched alkanes of at least 4 members (excludes halogenated alkanes) is 23. The van der Waals surface area contributed by atoms with Crippen LogP contribution in [0.5, 0.6) is 0 Å². The molecule has 0 aliphatic rings. The first-order valence-electron chi connectivity index (χ1n) is 27.2. The normalized spacial score (nSPS) is 13.1.